The lowest BCUT2D eigenvalue weighted by molar-refractivity contribution is 0.0716. The molecular weight excluding hydrogens is 242 g/mol. The quantitative estimate of drug-likeness (QED) is 0.744. The van der Waals surface area contributed by atoms with Crippen molar-refractivity contribution in [2.24, 2.45) is 5.73 Å². The van der Waals surface area contributed by atoms with Crippen LogP contribution >= 0.6 is 0 Å². The summed E-state index contributed by atoms with van der Waals surface area (Å²) in [4.78, 5) is 18.0. The third kappa shape index (κ3) is 4.36. The molecule has 0 radical (unpaired) electrons. The average molecular weight is 261 g/mol. The second kappa shape index (κ2) is 8.25. The van der Waals surface area contributed by atoms with E-state index in [1.54, 1.807) is 23.2 Å². The van der Waals surface area contributed by atoms with Crippen LogP contribution in [0.5, 0.6) is 0 Å². The summed E-state index contributed by atoms with van der Waals surface area (Å²) in [6, 6.07) is 3.47. The van der Waals surface area contributed by atoms with E-state index in [9.17, 15) is 4.79 Å². The van der Waals surface area contributed by atoms with Crippen molar-refractivity contribution in [3.05, 3.63) is 29.6 Å². The van der Waals surface area contributed by atoms with Crippen molar-refractivity contribution >= 4 is 5.91 Å². The van der Waals surface area contributed by atoms with Crippen LogP contribution in [0.25, 0.3) is 0 Å². The summed E-state index contributed by atoms with van der Waals surface area (Å²) in [6.07, 6.45) is 2.38. The van der Waals surface area contributed by atoms with Gasteiger partial charge >= 0.3 is 0 Å². The second-order valence-corrected chi connectivity index (χ2v) is 3.92. The minimum absolute atomic E-state index is 0.0671. The SMILES string of the molecule is CCCN(CCO)C(=O)c1ncccc1C#CCN. The van der Waals surface area contributed by atoms with Crippen LogP contribution in [-0.2, 0) is 0 Å². The maximum Gasteiger partial charge on any atom is 0.273 e. The molecule has 5 heteroatoms. The van der Waals surface area contributed by atoms with Crippen molar-refractivity contribution in [2.45, 2.75) is 13.3 Å². The Bertz CT molecular complexity index is 471. The normalized spacial score (nSPS) is 9.63. The summed E-state index contributed by atoms with van der Waals surface area (Å²) in [6.45, 7) is 3.03. The number of aliphatic hydroxyl groups is 1. The number of pyridine rings is 1. The van der Waals surface area contributed by atoms with Crippen molar-refractivity contribution in [3.63, 3.8) is 0 Å². The van der Waals surface area contributed by atoms with Gasteiger partial charge in [-0.2, -0.15) is 0 Å². The van der Waals surface area contributed by atoms with Crippen molar-refractivity contribution in [1.29, 1.82) is 0 Å². The molecule has 0 aliphatic rings. The molecule has 0 aromatic carbocycles. The van der Waals surface area contributed by atoms with Gasteiger partial charge in [0.15, 0.2) is 0 Å². The molecule has 1 amide bonds. The lowest BCUT2D eigenvalue weighted by Gasteiger charge is -2.20. The number of aromatic nitrogens is 1. The lowest BCUT2D eigenvalue weighted by Crippen LogP contribution is -2.35. The summed E-state index contributed by atoms with van der Waals surface area (Å²) in [5, 5.41) is 9.01. The predicted molar refractivity (Wildman–Crippen MR) is 73.4 cm³/mol. The Morgan fingerprint density at radius 1 is 1.53 bits per heavy atom. The maximum atomic E-state index is 12.4. The van der Waals surface area contributed by atoms with Crippen molar-refractivity contribution in [2.75, 3.05) is 26.2 Å². The minimum Gasteiger partial charge on any atom is -0.395 e. The first-order valence-electron chi connectivity index (χ1n) is 6.28. The van der Waals surface area contributed by atoms with Gasteiger partial charge in [0.1, 0.15) is 5.69 Å². The number of carbonyl (C=O) groups is 1. The summed E-state index contributed by atoms with van der Waals surface area (Å²) in [7, 11) is 0. The summed E-state index contributed by atoms with van der Waals surface area (Å²) in [5.41, 5.74) is 6.21. The smallest absolute Gasteiger partial charge is 0.273 e. The summed E-state index contributed by atoms with van der Waals surface area (Å²) in [5.74, 6) is 5.36. The van der Waals surface area contributed by atoms with Crippen LogP contribution in [0.2, 0.25) is 0 Å². The van der Waals surface area contributed by atoms with Crippen LogP contribution < -0.4 is 5.73 Å². The number of nitrogens with zero attached hydrogens (tertiary/aromatic N) is 2. The molecule has 0 aliphatic carbocycles. The van der Waals surface area contributed by atoms with E-state index in [4.69, 9.17) is 10.8 Å². The first-order chi connectivity index (χ1) is 9.24. The maximum absolute atomic E-state index is 12.4. The highest BCUT2D eigenvalue weighted by molar-refractivity contribution is 5.94. The molecule has 0 saturated heterocycles. The van der Waals surface area contributed by atoms with E-state index in [0.717, 1.165) is 6.42 Å². The molecule has 0 saturated carbocycles. The van der Waals surface area contributed by atoms with Crippen LogP contribution in [0.15, 0.2) is 18.3 Å². The van der Waals surface area contributed by atoms with E-state index >= 15 is 0 Å². The molecule has 0 aliphatic heterocycles. The number of carbonyl (C=O) groups excluding carboxylic acids is 1. The summed E-state index contributed by atoms with van der Waals surface area (Å²) >= 11 is 0. The third-order valence-electron chi connectivity index (χ3n) is 2.49. The average Bonchev–Trinajstić information content (AvgIpc) is 2.44. The Morgan fingerprint density at radius 2 is 2.32 bits per heavy atom. The number of amides is 1. The fourth-order valence-corrected chi connectivity index (χ4v) is 1.68. The van der Waals surface area contributed by atoms with Gasteiger partial charge in [0.25, 0.3) is 5.91 Å². The molecule has 1 aromatic rings. The fourth-order valence-electron chi connectivity index (χ4n) is 1.68. The van der Waals surface area contributed by atoms with Gasteiger partial charge in [-0.1, -0.05) is 18.8 Å². The van der Waals surface area contributed by atoms with Gasteiger partial charge in [-0.05, 0) is 18.6 Å². The highest BCUT2D eigenvalue weighted by atomic mass is 16.3. The van der Waals surface area contributed by atoms with Crippen LogP contribution in [0.1, 0.15) is 29.4 Å². The first-order valence-corrected chi connectivity index (χ1v) is 6.28. The Kier molecular flexibility index (Phi) is 6.58. The second-order valence-electron chi connectivity index (χ2n) is 3.92. The molecule has 1 aromatic heterocycles. The number of nitrogens with two attached hydrogens (primary N) is 1. The van der Waals surface area contributed by atoms with E-state index in [1.165, 1.54) is 0 Å². The number of aliphatic hydroxyl groups excluding tert-OH is 1. The van der Waals surface area contributed by atoms with Gasteiger partial charge in [-0.15, -0.1) is 0 Å². The van der Waals surface area contributed by atoms with E-state index in [2.05, 4.69) is 16.8 Å². The Hall–Kier alpha value is -1.90. The van der Waals surface area contributed by atoms with Gasteiger partial charge in [0.2, 0.25) is 0 Å². The predicted octanol–water partition coefficient (Wildman–Crippen LogP) is 0.236. The molecule has 0 bridgehead atoms. The third-order valence-corrected chi connectivity index (χ3v) is 2.49. The molecule has 1 heterocycles. The molecule has 102 valence electrons. The highest BCUT2D eigenvalue weighted by Gasteiger charge is 2.18. The first kappa shape index (κ1) is 15.2. The topological polar surface area (TPSA) is 79.5 Å². The van der Waals surface area contributed by atoms with Gasteiger partial charge < -0.3 is 15.7 Å². The van der Waals surface area contributed by atoms with Crippen LogP contribution in [0, 0.1) is 11.8 Å². The van der Waals surface area contributed by atoms with E-state index in [1.807, 2.05) is 6.92 Å². The lowest BCUT2D eigenvalue weighted by atomic mass is 10.1. The Labute approximate surface area is 113 Å². The molecule has 0 unspecified atom stereocenters. The molecule has 0 spiro atoms. The van der Waals surface area contributed by atoms with Crippen molar-refractivity contribution < 1.29 is 9.90 Å². The fraction of sp³-hybridized carbons (Fsp3) is 0.429. The Balaban J connectivity index is 3.03. The van der Waals surface area contributed by atoms with E-state index in [0.29, 0.717) is 24.3 Å². The van der Waals surface area contributed by atoms with Gasteiger partial charge in [0, 0.05) is 19.3 Å². The van der Waals surface area contributed by atoms with E-state index < -0.39 is 0 Å². The summed E-state index contributed by atoms with van der Waals surface area (Å²) < 4.78 is 0. The zero-order chi connectivity index (χ0) is 14.1. The minimum atomic E-state index is -0.210. The van der Waals surface area contributed by atoms with Crippen LogP contribution in [0.4, 0.5) is 0 Å². The van der Waals surface area contributed by atoms with Crippen LogP contribution in [-0.4, -0.2) is 47.1 Å². The van der Waals surface area contributed by atoms with Gasteiger partial charge in [0.05, 0.1) is 18.7 Å². The zero-order valence-electron chi connectivity index (χ0n) is 11.1. The number of rotatable bonds is 5. The number of hydrogen-bond acceptors (Lipinski definition) is 4. The van der Waals surface area contributed by atoms with Crippen molar-refractivity contribution in [1.82, 2.24) is 9.88 Å². The molecular formula is C14H19N3O2. The van der Waals surface area contributed by atoms with Gasteiger partial charge in [-0.3, -0.25) is 4.79 Å². The molecule has 3 N–H and O–H groups in total. The Morgan fingerprint density at radius 3 is 2.95 bits per heavy atom. The van der Waals surface area contributed by atoms with Crippen molar-refractivity contribution in [3.8, 4) is 11.8 Å². The molecule has 1 rings (SSSR count). The zero-order valence-corrected chi connectivity index (χ0v) is 11.1. The molecule has 0 fully saturated rings. The monoisotopic (exact) mass is 261 g/mol. The number of hydrogen-bond donors (Lipinski definition) is 2. The molecule has 5 nitrogen and oxygen atoms in total. The largest absolute Gasteiger partial charge is 0.395 e. The molecule has 19 heavy (non-hydrogen) atoms. The van der Waals surface area contributed by atoms with Crippen LogP contribution in [0.3, 0.4) is 0 Å². The van der Waals surface area contributed by atoms with E-state index in [-0.39, 0.29) is 19.1 Å². The van der Waals surface area contributed by atoms with Gasteiger partial charge in [-0.25, -0.2) is 4.98 Å². The highest BCUT2D eigenvalue weighted by Crippen LogP contribution is 2.08. The standard InChI is InChI=1S/C14H19N3O2/c1-2-9-17(10-11-18)14(19)13-12(5-3-7-15)6-4-8-16-13/h4,6,8,18H,2,7,9-11,15H2,1H3. The molecule has 0 atom stereocenters.